The standard InChI is InChI=1S/C20H22Cl2N4O4/c1-4-28-8-9-29-20(27)13(11-23)19(12(2)3)25-24-17-10-16(26-30-17)18-14(21)6-5-7-15(18)22/h5-7,10,12,24-25H,4,8-9H2,1-3H3/b19-13-. The maximum atomic E-state index is 12.3. The second kappa shape index (κ2) is 11.5. The van der Waals surface area contributed by atoms with E-state index in [0.717, 1.165) is 0 Å². The lowest BCUT2D eigenvalue weighted by Gasteiger charge is -2.16. The first kappa shape index (κ1) is 23.5. The highest BCUT2D eigenvalue weighted by atomic mass is 35.5. The third-order valence-electron chi connectivity index (χ3n) is 3.88. The van der Waals surface area contributed by atoms with E-state index >= 15 is 0 Å². The summed E-state index contributed by atoms with van der Waals surface area (Å²) in [6.07, 6.45) is 0. The van der Waals surface area contributed by atoms with Gasteiger partial charge in [-0.15, -0.1) is 0 Å². The SMILES string of the molecule is CCOCCOC(=O)/C(C#N)=C(\NNc1cc(-c2c(Cl)cccc2Cl)no1)C(C)C. The number of ether oxygens (including phenoxy) is 2. The molecule has 0 saturated carbocycles. The summed E-state index contributed by atoms with van der Waals surface area (Å²) in [5, 5.41) is 14.3. The van der Waals surface area contributed by atoms with Gasteiger partial charge in [0.2, 0.25) is 5.88 Å². The number of nitriles is 1. The number of nitrogens with zero attached hydrogens (tertiary/aromatic N) is 2. The largest absolute Gasteiger partial charge is 0.459 e. The fourth-order valence-corrected chi connectivity index (χ4v) is 3.04. The van der Waals surface area contributed by atoms with E-state index in [4.69, 9.17) is 37.2 Å². The number of rotatable bonds is 10. The van der Waals surface area contributed by atoms with Crippen LogP contribution in [0, 0.1) is 17.2 Å². The van der Waals surface area contributed by atoms with Crippen LogP contribution in [0.4, 0.5) is 5.88 Å². The van der Waals surface area contributed by atoms with Gasteiger partial charge in [0.15, 0.2) is 5.57 Å². The number of hydrogen-bond acceptors (Lipinski definition) is 8. The number of anilines is 1. The Hall–Kier alpha value is -2.73. The Morgan fingerprint density at radius 3 is 2.60 bits per heavy atom. The zero-order chi connectivity index (χ0) is 22.1. The topological polar surface area (TPSA) is 109 Å². The highest BCUT2D eigenvalue weighted by Crippen LogP contribution is 2.34. The lowest BCUT2D eigenvalue weighted by molar-refractivity contribution is -0.140. The first-order chi connectivity index (χ1) is 14.4. The van der Waals surface area contributed by atoms with Crippen molar-refractivity contribution in [3.05, 3.63) is 45.6 Å². The van der Waals surface area contributed by atoms with Crippen LogP contribution in [0.1, 0.15) is 20.8 Å². The average Bonchev–Trinajstić information content (AvgIpc) is 3.16. The molecular formula is C20H22Cl2N4O4. The third kappa shape index (κ3) is 6.13. The second-order valence-electron chi connectivity index (χ2n) is 6.31. The predicted octanol–water partition coefficient (Wildman–Crippen LogP) is 4.58. The molecule has 0 aliphatic rings. The van der Waals surface area contributed by atoms with E-state index in [2.05, 4.69) is 16.0 Å². The summed E-state index contributed by atoms with van der Waals surface area (Å²) in [5.74, 6) is -0.690. The van der Waals surface area contributed by atoms with Gasteiger partial charge >= 0.3 is 5.97 Å². The molecule has 1 aromatic carbocycles. The maximum absolute atomic E-state index is 12.3. The van der Waals surface area contributed by atoms with Gasteiger partial charge < -0.3 is 19.4 Å². The molecule has 0 fully saturated rings. The van der Waals surface area contributed by atoms with E-state index in [-0.39, 0.29) is 30.6 Å². The van der Waals surface area contributed by atoms with Crippen LogP contribution in [0.5, 0.6) is 0 Å². The van der Waals surface area contributed by atoms with Crippen LogP contribution in [0.3, 0.4) is 0 Å². The minimum atomic E-state index is -0.740. The molecule has 0 saturated heterocycles. The Labute approximate surface area is 184 Å². The average molecular weight is 453 g/mol. The van der Waals surface area contributed by atoms with Crippen LogP contribution in [0.2, 0.25) is 10.0 Å². The van der Waals surface area contributed by atoms with Gasteiger partial charge in [0.05, 0.1) is 22.3 Å². The van der Waals surface area contributed by atoms with E-state index in [9.17, 15) is 10.1 Å². The van der Waals surface area contributed by atoms with Crippen LogP contribution < -0.4 is 10.9 Å². The van der Waals surface area contributed by atoms with Crippen molar-refractivity contribution in [3.63, 3.8) is 0 Å². The van der Waals surface area contributed by atoms with Crippen LogP contribution >= 0.6 is 23.2 Å². The van der Waals surface area contributed by atoms with E-state index in [1.165, 1.54) is 0 Å². The molecule has 2 rings (SSSR count). The summed E-state index contributed by atoms with van der Waals surface area (Å²) < 4.78 is 15.5. The number of carbonyl (C=O) groups excluding carboxylic acids is 1. The number of aromatic nitrogens is 1. The molecule has 0 spiro atoms. The quantitative estimate of drug-likeness (QED) is 0.177. The monoisotopic (exact) mass is 452 g/mol. The summed E-state index contributed by atoms with van der Waals surface area (Å²) in [5.41, 5.74) is 6.79. The van der Waals surface area contributed by atoms with Gasteiger partial charge in [-0.25, -0.2) is 4.79 Å². The van der Waals surface area contributed by atoms with Crippen LogP contribution in [0.15, 0.2) is 40.1 Å². The molecule has 1 heterocycles. The second-order valence-corrected chi connectivity index (χ2v) is 7.13. The van der Waals surface area contributed by atoms with Crippen molar-refractivity contribution in [2.45, 2.75) is 20.8 Å². The summed E-state index contributed by atoms with van der Waals surface area (Å²) in [6.45, 7) is 6.31. The van der Waals surface area contributed by atoms with Gasteiger partial charge in [0, 0.05) is 18.2 Å². The molecule has 8 nitrogen and oxygen atoms in total. The molecule has 0 radical (unpaired) electrons. The minimum Gasteiger partial charge on any atom is -0.459 e. The van der Waals surface area contributed by atoms with Gasteiger partial charge in [0.25, 0.3) is 0 Å². The van der Waals surface area contributed by atoms with Gasteiger partial charge in [-0.1, -0.05) is 48.3 Å². The molecule has 0 aliphatic heterocycles. The van der Waals surface area contributed by atoms with Crippen LogP contribution in [-0.4, -0.2) is 30.9 Å². The molecule has 0 aliphatic carbocycles. The minimum absolute atomic E-state index is 0.0563. The Balaban J connectivity index is 2.14. The zero-order valence-electron chi connectivity index (χ0n) is 16.8. The van der Waals surface area contributed by atoms with Gasteiger partial charge in [-0.05, 0) is 25.0 Å². The van der Waals surface area contributed by atoms with Crippen molar-refractivity contribution in [2.24, 2.45) is 5.92 Å². The third-order valence-corrected chi connectivity index (χ3v) is 4.51. The van der Waals surface area contributed by atoms with E-state index in [1.54, 1.807) is 24.3 Å². The molecule has 0 unspecified atom stereocenters. The Kier molecular flexibility index (Phi) is 8.99. The summed E-state index contributed by atoms with van der Waals surface area (Å²) in [7, 11) is 0. The van der Waals surface area contributed by atoms with Gasteiger partial charge in [0.1, 0.15) is 18.4 Å². The fraction of sp³-hybridized carbons (Fsp3) is 0.350. The van der Waals surface area contributed by atoms with Crippen molar-refractivity contribution in [3.8, 4) is 17.3 Å². The number of halogens is 2. The molecule has 2 aromatic rings. The number of hydrazine groups is 1. The smallest absolute Gasteiger partial charge is 0.350 e. The highest BCUT2D eigenvalue weighted by molar-refractivity contribution is 6.39. The number of allylic oxidation sites excluding steroid dienone is 1. The number of nitrogens with one attached hydrogen (secondary N) is 2. The van der Waals surface area contributed by atoms with E-state index in [1.807, 2.05) is 26.8 Å². The predicted molar refractivity (Wildman–Crippen MR) is 114 cm³/mol. The number of benzene rings is 1. The Morgan fingerprint density at radius 1 is 1.30 bits per heavy atom. The Bertz CT molecular complexity index is 930. The van der Waals surface area contributed by atoms with Gasteiger partial charge in [-0.2, -0.15) is 5.26 Å². The normalized spacial score (nSPS) is 11.6. The summed E-state index contributed by atoms with van der Waals surface area (Å²) in [6, 6.07) is 8.59. The fourth-order valence-electron chi connectivity index (χ4n) is 2.44. The number of esters is 1. The molecular weight excluding hydrogens is 431 g/mol. The van der Waals surface area contributed by atoms with Crippen molar-refractivity contribution in [1.29, 1.82) is 5.26 Å². The number of hydrogen-bond donors (Lipinski definition) is 2. The first-order valence-corrected chi connectivity index (χ1v) is 9.96. The summed E-state index contributed by atoms with van der Waals surface area (Å²) >= 11 is 12.4. The van der Waals surface area contributed by atoms with Crippen molar-refractivity contribution in [1.82, 2.24) is 10.6 Å². The molecule has 0 amide bonds. The van der Waals surface area contributed by atoms with Crippen molar-refractivity contribution < 1.29 is 18.8 Å². The molecule has 0 bridgehead atoms. The Morgan fingerprint density at radius 2 is 2.00 bits per heavy atom. The molecule has 160 valence electrons. The van der Waals surface area contributed by atoms with Gasteiger partial charge in [-0.3, -0.25) is 5.43 Å². The maximum Gasteiger partial charge on any atom is 0.350 e. The molecule has 30 heavy (non-hydrogen) atoms. The summed E-state index contributed by atoms with van der Waals surface area (Å²) in [4.78, 5) is 12.3. The van der Waals surface area contributed by atoms with E-state index in [0.29, 0.717) is 33.6 Å². The van der Waals surface area contributed by atoms with E-state index < -0.39 is 5.97 Å². The number of carbonyl (C=O) groups is 1. The van der Waals surface area contributed by atoms with Crippen LogP contribution in [-0.2, 0) is 14.3 Å². The molecule has 1 aromatic heterocycles. The highest BCUT2D eigenvalue weighted by Gasteiger charge is 2.20. The molecule has 10 heteroatoms. The molecule has 0 atom stereocenters. The van der Waals surface area contributed by atoms with Crippen molar-refractivity contribution in [2.75, 3.05) is 25.2 Å². The lowest BCUT2D eigenvalue weighted by Crippen LogP contribution is -2.28. The first-order valence-electron chi connectivity index (χ1n) is 9.21. The zero-order valence-corrected chi connectivity index (χ0v) is 18.3. The van der Waals surface area contributed by atoms with Crippen molar-refractivity contribution >= 4 is 35.1 Å². The lowest BCUT2D eigenvalue weighted by atomic mass is 10.1. The molecule has 2 N–H and O–H groups in total. The van der Waals surface area contributed by atoms with Crippen LogP contribution in [0.25, 0.3) is 11.3 Å².